The van der Waals surface area contributed by atoms with E-state index in [1.807, 2.05) is 22.9 Å². The van der Waals surface area contributed by atoms with E-state index in [0.29, 0.717) is 68.7 Å². The van der Waals surface area contributed by atoms with Gasteiger partial charge >= 0.3 is 0 Å². The summed E-state index contributed by atoms with van der Waals surface area (Å²) in [7, 11) is 1.89. The molecule has 2 aliphatic heterocycles. The largest absolute Gasteiger partial charge is 0.477 e. The van der Waals surface area contributed by atoms with E-state index in [0.717, 1.165) is 12.6 Å². The molecule has 6 rings (SSSR count). The van der Waals surface area contributed by atoms with Crippen molar-refractivity contribution in [3.05, 3.63) is 48.2 Å². The topological polar surface area (TPSA) is 130 Å². The fraction of sp³-hybridized carbons (Fsp3) is 0.385. The van der Waals surface area contributed by atoms with E-state index in [9.17, 15) is 13.6 Å². The number of fused-ring (bicyclic) bond motifs is 1. The predicted molar refractivity (Wildman–Crippen MR) is 143 cm³/mol. The van der Waals surface area contributed by atoms with E-state index in [1.54, 1.807) is 18.4 Å². The van der Waals surface area contributed by atoms with Crippen molar-refractivity contribution in [2.75, 3.05) is 68.4 Å². The number of ether oxygens (including phenoxy) is 1. The van der Waals surface area contributed by atoms with Crippen molar-refractivity contribution in [2.24, 2.45) is 0 Å². The first kappa shape index (κ1) is 25.8. The summed E-state index contributed by atoms with van der Waals surface area (Å²) in [5.74, 6) is -0.577. The molecule has 210 valence electrons. The second kappa shape index (κ2) is 10.6. The quantitative estimate of drug-likeness (QED) is 0.333. The van der Waals surface area contributed by atoms with Gasteiger partial charge in [0.2, 0.25) is 11.9 Å². The Hall–Kier alpha value is -4.46. The molecule has 5 heterocycles. The standard InChI is InChI=1S/C26H29F2N9O3/c1-34(26-31-23-14-18(20-3-2-12-39-20)33-37(23)25(29)32-26)6-7-35-8-10-36(11-9-35)19-15-22(17(28)13-16(19)27)40-21-4-5-30-24(21)38/h2-3,12-15,21H,4-11H2,1H3,(H,30,38)(H2,29,31,32)/t21-/m1/s1. The number of anilines is 3. The summed E-state index contributed by atoms with van der Waals surface area (Å²) in [4.78, 5) is 26.9. The Morgan fingerprint density at radius 2 is 2.00 bits per heavy atom. The number of likely N-dealkylation sites (N-methyl/N-ethyl adjacent to an activating group) is 1. The Labute approximate surface area is 228 Å². The number of benzene rings is 1. The zero-order valence-electron chi connectivity index (χ0n) is 21.9. The van der Waals surface area contributed by atoms with E-state index in [4.69, 9.17) is 14.9 Å². The predicted octanol–water partition coefficient (Wildman–Crippen LogP) is 1.77. The van der Waals surface area contributed by atoms with Crippen molar-refractivity contribution < 1.29 is 22.7 Å². The van der Waals surface area contributed by atoms with Crippen LogP contribution in [0, 0.1) is 11.6 Å². The Morgan fingerprint density at radius 3 is 2.73 bits per heavy atom. The molecule has 1 aromatic carbocycles. The normalized spacial score (nSPS) is 17.9. The first-order valence-corrected chi connectivity index (χ1v) is 13.0. The number of nitrogens with two attached hydrogens (primary N) is 1. The Kier molecular flexibility index (Phi) is 6.84. The number of nitrogens with one attached hydrogen (secondary N) is 1. The summed E-state index contributed by atoms with van der Waals surface area (Å²) in [6.07, 6.45) is 1.25. The van der Waals surface area contributed by atoms with Gasteiger partial charge in [0.25, 0.3) is 5.91 Å². The Balaban J connectivity index is 1.06. The van der Waals surface area contributed by atoms with Crippen LogP contribution in [0.1, 0.15) is 6.42 Å². The molecular weight excluding hydrogens is 524 g/mol. The van der Waals surface area contributed by atoms with Gasteiger partial charge in [0, 0.05) is 77.5 Å². The molecule has 3 aromatic heterocycles. The van der Waals surface area contributed by atoms with Crippen LogP contribution in [0.3, 0.4) is 0 Å². The molecule has 1 atom stereocenters. The molecular formula is C26H29F2N9O3. The highest BCUT2D eigenvalue weighted by atomic mass is 19.1. The van der Waals surface area contributed by atoms with Gasteiger partial charge in [0.1, 0.15) is 11.5 Å². The van der Waals surface area contributed by atoms with Gasteiger partial charge in [-0.25, -0.2) is 8.78 Å². The summed E-state index contributed by atoms with van der Waals surface area (Å²) in [6.45, 7) is 4.31. The van der Waals surface area contributed by atoms with E-state index < -0.39 is 17.7 Å². The molecule has 4 aromatic rings. The second-order valence-electron chi connectivity index (χ2n) is 9.83. The highest BCUT2D eigenvalue weighted by molar-refractivity contribution is 5.83. The molecule has 2 saturated heterocycles. The number of amides is 1. The Bertz CT molecular complexity index is 1520. The van der Waals surface area contributed by atoms with Crippen LogP contribution in [0.15, 0.2) is 41.0 Å². The maximum atomic E-state index is 14.7. The molecule has 1 amide bonds. The van der Waals surface area contributed by atoms with Crippen LogP contribution in [-0.4, -0.2) is 89.4 Å². The fourth-order valence-corrected chi connectivity index (χ4v) is 4.90. The monoisotopic (exact) mass is 553 g/mol. The van der Waals surface area contributed by atoms with Crippen molar-refractivity contribution in [1.29, 1.82) is 0 Å². The van der Waals surface area contributed by atoms with Gasteiger partial charge < -0.3 is 30.0 Å². The molecule has 0 aliphatic carbocycles. The maximum absolute atomic E-state index is 14.7. The van der Waals surface area contributed by atoms with Crippen LogP contribution >= 0.6 is 0 Å². The third-order valence-corrected chi connectivity index (χ3v) is 7.19. The molecule has 0 bridgehead atoms. The lowest BCUT2D eigenvalue weighted by atomic mass is 10.2. The minimum absolute atomic E-state index is 0.117. The molecule has 2 aliphatic rings. The van der Waals surface area contributed by atoms with E-state index in [2.05, 4.69) is 25.3 Å². The van der Waals surface area contributed by atoms with Crippen molar-refractivity contribution >= 4 is 29.1 Å². The number of rotatable bonds is 8. The molecule has 0 spiro atoms. The molecule has 40 heavy (non-hydrogen) atoms. The number of hydrogen-bond donors (Lipinski definition) is 2. The minimum atomic E-state index is -0.822. The average molecular weight is 554 g/mol. The number of carbonyl (C=O) groups is 1. The molecule has 14 heteroatoms. The second-order valence-corrected chi connectivity index (χ2v) is 9.83. The first-order chi connectivity index (χ1) is 19.4. The summed E-state index contributed by atoms with van der Waals surface area (Å²) in [5.41, 5.74) is 7.59. The van der Waals surface area contributed by atoms with Crippen LogP contribution in [0.2, 0.25) is 0 Å². The minimum Gasteiger partial charge on any atom is -0.477 e. The smallest absolute Gasteiger partial charge is 0.261 e. The van der Waals surface area contributed by atoms with Crippen LogP contribution < -0.4 is 25.6 Å². The van der Waals surface area contributed by atoms with Gasteiger partial charge in [-0.3, -0.25) is 9.69 Å². The van der Waals surface area contributed by atoms with Gasteiger partial charge in [-0.05, 0) is 12.1 Å². The fourth-order valence-electron chi connectivity index (χ4n) is 4.90. The molecule has 3 N–H and O–H groups in total. The Morgan fingerprint density at radius 1 is 1.18 bits per heavy atom. The number of hydrogen-bond acceptors (Lipinski definition) is 10. The van der Waals surface area contributed by atoms with Crippen molar-refractivity contribution in [2.45, 2.75) is 12.5 Å². The van der Waals surface area contributed by atoms with Gasteiger partial charge in [-0.1, -0.05) is 0 Å². The maximum Gasteiger partial charge on any atom is 0.261 e. The zero-order chi connectivity index (χ0) is 27.8. The summed E-state index contributed by atoms with van der Waals surface area (Å²) < 4.78 is 41.5. The molecule has 0 unspecified atom stereocenters. The van der Waals surface area contributed by atoms with Crippen molar-refractivity contribution in [3.8, 4) is 17.2 Å². The summed E-state index contributed by atoms with van der Waals surface area (Å²) >= 11 is 0. The zero-order valence-corrected chi connectivity index (χ0v) is 21.9. The third-order valence-electron chi connectivity index (χ3n) is 7.19. The van der Waals surface area contributed by atoms with Crippen LogP contribution in [-0.2, 0) is 4.79 Å². The summed E-state index contributed by atoms with van der Waals surface area (Å²) in [6, 6.07) is 7.56. The summed E-state index contributed by atoms with van der Waals surface area (Å²) in [5, 5.41) is 7.07. The lowest BCUT2D eigenvalue weighted by Gasteiger charge is -2.37. The number of furan rings is 1. The van der Waals surface area contributed by atoms with Crippen molar-refractivity contribution in [1.82, 2.24) is 29.8 Å². The van der Waals surface area contributed by atoms with Gasteiger partial charge in [0.15, 0.2) is 29.1 Å². The van der Waals surface area contributed by atoms with Crippen molar-refractivity contribution in [3.63, 3.8) is 0 Å². The number of nitrogen functional groups attached to an aromatic ring is 1. The van der Waals surface area contributed by atoms with Crippen LogP contribution in [0.5, 0.6) is 5.75 Å². The van der Waals surface area contributed by atoms with Gasteiger partial charge in [-0.2, -0.15) is 19.6 Å². The number of aromatic nitrogens is 4. The number of halogens is 2. The highest BCUT2D eigenvalue weighted by Gasteiger charge is 2.28. The molecule has 0 radical (unpaired) electrons. The first-order valence-electron chi connectivity index (χ1n) is 13.0. The molecule has 0 saturated carbocycles. The van der Waals surface area contributed by atoms with E-state index in [1.165, 1.54) is 10.6 Å². The third kappa shape index (κ3) is 5.09. The SMILES string of the molecule is CN(CCN1CCN(c2cc(O[C@@H]3CCNC3=O)c(F)cc2F)CC1)c1nc(N)n2nc(-c3ccco3)cc2n1. The van der Waals surface area contributed by atoms with Crippen LogP contribution in [0.25, 0.3) is 17.1 Å². The van der Waals surface area contributed by atoms with Gasteiger partial charge in [-0.15, -0.1) is 0 Å². The highest BCUT2D eigenvalue weighted by Crippen LogP contribution is 2.30. The number of piperazine rings is 1. The number of carbonyl (C=O) groups excluding carboxylic acids is 1. The van der Waals surface area contributed by atoms with Gasteiger partial charge in [0.05, 0.1) is 12.0 Å². The van der Waals surface area contributed by atoms with E-state index in [-0.39, 0.29) is 23.3 Å². The van der Waals surface area contributed by atoms with E-state index >= 15 is 0 Å². The lowest BCUT2D eigenvalue weighted by Crippen LogP contribution is -2.48. The molecule has 2 fully saturated rings. The molecule has 12 nitrogen and oxygen atoms in total. The van der Waals surface area contributed by atoms with Crippen LogP contribution in [0.4, 0.5) is 26.4 Å². The number of nitrogens with zero attached hydrogens (tertiary/aromatic N) is 7. The lowest BCUT2D eigenvalue weighted by molar-refractivity contribution is -0.125. The average Bonchev–Trinajstić information content (AvgIpc) is 3.71.